The van der Waals surface area contributed by atoms with E-state index in [1.165, 1.54) is 5.56 Å². The van der Waals surface area contributed by atoms with Crippen LogP contribution < -0.4 is 4.74 Å². The van der Waals surface area contributed by atoms with Crippen molar-refractivity contribution in [3.8, 4) is 11.8 Å². The quantitative estimate of drug-likeness (QED) is 0.728. The van der Waals surface area contributed by atoms with E-state index in [9.17, 15) is 0 Å². The lowest BCUT2D eigenvalue weighted by Gasteiger charge is -2.09. The minimum Gasteiger partial charge on any atom is -0.490 e. The lowest BCUT2D eigenvalue weighted by molar-refractivity contribution is 0.300. The van der Waals surface area contributed by atoms with Crippen LogP contribution in [0.15, 0.2) is 18.2 Å². The minimum atomic E-state index is 0.398. The van der Waals surface area contributed by atoms with Crippen LogP contribution >= 0.6 is 0 Å². The molecule has 0 unspecified atom stereocenters. The van der Waals surface area contributed by atoms with Crippen molar-refractivity contribution in [3.05, 3.63) is 29.3 Å². The van der Waals surface area contributed by atoms with Crippen LogP contribution in [-0.2, 0) is 6.42 Å². The highest BCUT2D eigenvalue weighted by molar-refractivity contribution is 5.38. The molecule has 1 fully saturated rings. The van der Waals surface area contributed by atoms with E-state index in [-0.39, 0.29) is 0 Å². The van der Waals surface area contributed by atoms with Gasteiger partial charge in [0.05, 0.1) is 18.6 Å². The van der Waals surface area contributed by atoms with Crippen molar-refractivity contribution < 1.29 is 4.74 Å². The highest BCUT2D eigenvalue weighted by Crippen LogP contribution is 2.29. The van der Waals surface area contributed by atoms with Gasteiger partial charge in [-0.1, -0.05) is 17.7 Å². The molecule has 1 aliphatic rings. The second-order valence-corrected chi connectivity index (χ2v) is 3.76. The third kappa shape index (κ3) is 2.05. The van der Waals surface area contributed by atoms with Gasteiger partial charge in [-0.05, 0) is 25.8 Å². The van der Waals surface area contributed by atoms with Crippen LogP contribution in [-0.4, -0.2) is 6.10 Å². The molecule has 72 valence electrons. The van der Waals surface area contributed by atoms with Crippen LogP contribution in [0, 0.1) is 18.3 Å². The number of aryl methyl sites for hydroxylation is 1. The van der Waals surface area contributed by atoms with Crippen molar-refractivity contribution >= 4 is 0 Å². The van der Waals surface area contributed by atoms with Crippen LogP contribution in [0.1, 0.15) is 24.0 Å². The highest BCUT2D eigenvalue weighted by Gasteiger charge is 2.24. The molecular formula is C12H13NO. The van der Waals surface area contributed by atoms with Crippen LogP contribution in [0.3, 0.4) is 0 Å². The molecule has 1 aliphatic carbocycles. The van der Waals surface area contributed by atoms with E-state index in [4.69, 9.17) is 10.00 Å². The van der Waals surface area contributed by atoms with Gasteiger partial charge in [-0.25, -0.2) is 0 Å². The van der Waals surface area contributed by atoms with Gasteiger partial charge in [-0.2, -0.15) is 5.26 Å². The third-order valence-electron chi connectivity index (χ3n) is 2.30. The average molecular weight is 187 g/mol. The van der Waals surface area contributed by atoms with E-state index in [0.29, 0.717) is 12.5 Å². The second-order valence-electron chi connectivity index (χ2n) is 3.76. The molecule has 0 amide bonds. The van der Waals surface area contributed by atoms with Gasteiger partial charge < -0.3 is 4.74 Å². The normalized spacial score (nSPS) is 14.9. The smallest absolute Gasteiger partial charge is 0.123 e. The first kappa shape index (κ1) is 9.08. The molecule has 2 nitrogen and oxygen atoms in total. The van der Waals surface area contributed by atoms with Crippen LogP contribution in [0.5, 0.6) is 5.75 Å². The molecule has 0 bridgehead atoms. The molecule has 1 saturated carbocycles. The molecule has 0 spiro atoms. The Hall–Kier alpha value is -1.49. The minimum absolute atomic E-state index is 0.398. The maximum Gasteiger partial charge on any atom is 0.123 e. The zero-order valence-corrected chi connectivity index (χ0v) is 8.29. The van der Waals surface area contributed by atoms with E-state index in [1.54, 1.807) is 0 Å². The topological polar surface area (TPSA) is 33.0 Å². The van der Waals surface area contributed by atoms with E-state index in [0.717, 1.165) is 24.2 Å². The van der Waals surface area contributed by atoms with E-state index in [2.05, 4.69) is 6.07 Å². The van der Waals surface area contributed by atoms with Gasteiger partial charge >= 0.3 is 0 Å². The molecule has 0 heterocycles. The number of hydrogen-bond donors (Lipinski definition) is 0. The van der Waals surface area contributed by atoms with Gasteiger partial charge in [-0.3, -0.25) is 0 Å². The number of hydrogen-bond acceptors (Lipinski definition) is 2. The van der Waals surface area contributed by atoms with Gasteiger partial charge in [0.2, 0.25) is 0 Å². The fourth-order valence-corrected chi connectivity index (χ4v) is 1.41. The maximum absolute atomic E-state index is 8.68. The van der Waals surface area contributed by atoms with Gasteiger partial charge in [0.15, 0.2) is 0 Å². The lowest BCUT2D eigenvalue weighted by atomic mass is 10.1. The number of rotatable bonds is 3. The van der Waals surface area contributed by atoms with Crippen molar-refractivity contribution in [1.82, 2.24) is 0 Å². The molecule has 0 saturated heterocycles. The molecule has 0 aromatic heterocycles. The molecule has 1 aromatic carbocycles. The monoisotopic (exact) mass is 187 g/mol. The van der Waals surface area contributed by atoms with Gasteiger partial charge in [0.25, 0.3) is 0 Å². The Balaban J connectivity index is 2.22. The summed E-state index contributed by atoms with van der Waals surface area (Å²) in [6, 6.07) is 8.19. The highest BCUT2D eigenvalue weighted by atomic mass is 16.5. The Kier molecular flexibility index (Phi) is 2.41. The molecule has 0 atom stereocenters. The third-order valence-corrected chi connectivity index (χ3v) is 2.30. The molecule has 0 radical (unpaired) electrons. The number of nitriles is 1. The molecule has 2 rings (SSSR count). The zero-order valence-electron chi connectivity index (χ0n) is 8.29. The van der Waals surface area contributed by atoms with Gasteiger partial charge in [0.1, 0.15) is 5.75 Å². The SMILES string of the molecule is Cc1ccc(OC2CC2)c(CC#N)c1. The summed E-state index contributed by atoms with van der Waals surface area (Å²) in [6.45, 7) is 2.03. The predicted molar refractivity (Wildman–Crippen MR) is 54.1 cm³/mol. The summed E-state index contributed by atoms with van der Waals surface area (Å²) in [5.41, 5.74) is 2.19. The summed E-state index contributed by atoms with van der Waals surface area (Å²) in [5, 5.41) is 8.68. The molecule has 0 aliphatic heterocycles. The fourth-order valence-electron chi connectivity index (χ4n) is 1.41. The average Bonchev–Trinajstić information content (AvgIpc) is 2.94. The van der Waals surface area contributed by atoms with Gasteiger partial charge in [0, 0.05) is 5.56 Å². The summed E-state index contributed by atoms with van der Waals surface area (Å²) in [7, 11) is 0. The van der Waals surface area contributed by atoms with Crippen molar-refractivity contribution in [2.45, 2.75) is 32.3 Å². The second kappa shape index (κ2) is 3.71. The van der Waals surface area contributed by atoms with Crippen molar-refractivity contribution in [2.75, 3.05) is 0 Å². The standard InChI is InChI=1S/C12H13NO/c1-9-2-5-12(14-11-3-4-11)10(8-9)6-7-13/h2,5,8,11H,3-4,6H2,1H3. The molecular weight excluding hydrogens is 174 g/mol. The Morgan fingerprint density at radius 3 is 2.93 bits per heavy atom. The Morgan fingerprint density at radius 1 is 1.50 bits per heavy atom. The first-order valence-electron chi connectivity index (χ1n) is 4.93. The largest absolute Gasteiger partial charge is 0.490 e. The zero-order chi connectivity index (χ0) is 9.97. The van der Waals surface area contributed by atoms with Crippen LogP contribution in [0.2, 0.25) is 0 Å². The van der Waals surface area contributed by atoms with E-state index >= 15 is 0 Å². The van der Waals surface area contributed by atoms with Crippen molar-refractivity contribution in [1.29, 1.82) is 5.26 Å². The Labute approximate surface area is 84.1 Å². The predicted octanol–water partition coefficient (Wildman–Crippen LogP) is 2.60. The first-order chi connectivity index (χ1) is 6.79. The summed E-state index contributed by atoms with van der Waals surface area (Å²) < 4.78 is 5.71. The number of ether oxygens (including phenoxy) is 1. The summed E-state index contributed by atoms with van der Waals surface area (Å²) in [4.78, 5) is 0. The van der Waals surface area contributed by atoms with Crippen LogP contribution in [0.4, 0.5) is 0 Å². The number of benzene rings is 1. The fraction of sp³-hybridized carbons (Fsp3) is 0.417. The summed E-state index contributed by atoms with van der Waals surface area (Å²) >= 11 is 0. The summed E-state index contributed by atoms with van der Waals surface area (Å²) in [5.74, 6) is 0.889. The molecule has 1 aromatic rings. The molecule has 0 N–H and O–H groups in total. The summed E-state index contributed by atoms with van der Waals surface area (Å²) in [6.07, 6.45) is 3.14. The van der Waals surface area contributed by atoms with Gasteiger partial charge in [-0.15, -0.1) is 0 Å². The Morgan fingerprint density at radius 2 is 2.29 bits per heavy atom. The van der Waals surface area contributed by atoms with Crippen molar-refractivity contribution in [2.24, 2.45) is 0 Å². The molecule has 14 heavy (non-hydrogen) atoms. The van der Waals surface area contributed by atoms with Crippen molar-refractivity contribution in [3.63, 3.8) is 0 Å². The number of nitrogens with zero attached hydrogens (tertiary/aromatic N) is 1. The Bertz CT molecular complexity index is 374. The maximum atomic E-state index is 8.68. The van der Waals surface area contributed by atoms with Crippen LogP contribution in [0.25, 0.3) is 0 Å². The first-order valence-corrected chi connectivity index (χ1v) is 4.93. The molecule has 2 heteroatoms. The van der Waals surface area contributed by atoms with E-state index in [1.807, 2.05) is 25.1 Å². The lowest BCUT2D eigenvalue weighted by Crippen LogP contribution is -1.99. The van der Waals surface area contributed by atoms with E-state index < -0.39 is 0 Å².